The number of nitrogens with one attached hydrogen (secondary N) is 2. The molecule has 0 heterocycles. The van der Waals surface area contributed by atoms with E-state index in [1.54, 1.807) is 13.8 Å². The van der Waals surface area contributed by atoms with Crippen molar-refractivity contribution in [1.82, 2.24) is 5.48 Å². The van der Waals surface area contributed by atoms with Crippen LogP contribution in [0.2, 0.25) is 17.1 Å². The largest absolute Gasteiger partial charge is 0.491 e. The fraction of sp³-hybridized carbons (Fsp3) is 0.561. The Hall–Kier alpha value is -4.73. The van der Waals surface area contributed by atoms with Crippen LogP contribution in [0.15, 0.2) is 65.8 Å². The monoisotopic (exact) mass is 1050 g/mol. The molecule has 0 radical (unpaired) electrons. The minimum atomic E-state index is -8.73. The molecule has 3 N–H and O–H groups in total. The molecule has 0 saturated carbocycles. The van der Waals surface area contributed by atoms with Crippen molar-refractivity contribution in [3.63, 3.8) is 0 Å². The van der Waals surface area contributed by atoms with E-state index in [-0.39, 0.29) is 11.3 Å². The van der Waals surface area contributed by atoms with Gasteiger partial charge in [-0.15, -0.1) is 0 Å². The molecule has 0 spiro atoms. The van der Waals surface area contributed by atoms with Crippen LogP contribution in [0.3, 0.4) is 0 Å². The topological polar surface area (TPSA) is 106 Å². The molecule has 0 aliphatic carbocycles. The molecule has 28 heteroatoms. The average Bonchev–Trinajstić information content (AvgIpc) is 3.22. The molecule has 0 aliphatic rings. The Balaban J connectivity index is 2.37. The maximum Gasteiger partial charge on any atom is 0.460 e. The van der Waals surface area contributed by atoms with Gasteiger partial charge in [0.05, 0.1) is 12.3 Å². The number of anilines is 1. The van der Waals surface area contributed by atoms with E-state index in [1.807, 2.05) is 0 Å². The first-order valence-electron chi connectivity index (χ1n) is 19.9. The predicted molar refractivity (Wildman–Crippen MR) is 210 cm³/mol. The van der Waals surface area contributed by atoms with Gasteiger partial charge in [0.2, 0.25) is 0 Å². The first kappa shape index (κ1) is 60.4. The van der Waals surface area contributed by atoms with Crippen molar-refractivity contribution < 1.29 is 112 Å². The molecule has 0 aromatic heterocycles. The van der Waals surface area contributed by atoms with Gasteiger partial charge in [-0.1, -0.05) is 58.4 Å². The number of ether oxygens (including phenoxy) is 2. The number of hydrogen-bond acceptors (Lipinski definition) is 6. The number of rotatable bonds is 23. The normalized spacial score (nSPS) is 15.3. The van der Waals surface area contributed by atoms with Crippen LogP contribution in [0, 0.1) is 17.6 Å². The number of halogens is 19. The second kappa shape index (κ2) is 21.7. The van der Waals surface area contributed by atoms with Crippen molar-refractivity contribution in [1.29, 1.82) is 0 Å². The van der Waals surface area contributed by atoms with Gasteiger partial charge in [0, 0.05) is 24.5 Å². The number of alkyl halides is 17. The fourth-order valence-electron chi connectivity index (χ4n) is 6.81. The lowest BCUT2D eigenvalue weighted by atomic mass is 9.88. The summed E-state index contributed by atoms with van der Waals surface area (Å²) < 4.78 is 281. The summed E-state index contributed by atoms with van der Waals surface area (Å²) in [4.78, 5) is 24.5. The third kappa shape index (κ3) is 12.4. The molecule has 0 saturated heterocycles. The summed E-state index contributed by atoms with van der Waals surface area (Å²) in [5, 5.41) is 11.0. The highest BCUT2D eigenvalue weighted by atomic mass is 28.4. The Kier molecular flexibility index (Phi) is 19.0. The number of benzene rings is 2. The van der Waals surface area contributed by atoms with Crippen molar-refractivity contribution in [2.45, 2.75) is 126 Å². The number of carbonyl (C=O) groups is 2. The minimum absolute atomic E-state index is 0.0266. The number of carbonyl (C=O) groups excluding carboxylic acids is 2. The molecule has 0 fully saturated rings. The third-order valence-electron chi connectivity index (χ3n) is 11.0. The maximum atomic E-state index is 15.0. The zero-order valence-electron chi connectivity index (χ0n) is 37.0. The predicted octanol–water partition coefficient (Wildman–Crippen LogP) is 13.8. The van der Waals surface area contributed by atoms with Crippen molar-refractivity contribution in [3.05, 3.63) is 83.0 Å². The smallest absolute Gasteiger partial charge is 0.460 e. The van der Waals surface area contributed by atoms with Crippen LogP contribution in [0.5, 0.6) is 5.75 Å². The molecule has 2 amide bonds. The van der Waals surface area contributed by atoms with E-state index in [2.05, 4.69) is 5.32 Å². The molecule has 0 bridgehead atoms. The van der Waals surface area contributed by atoms with Crippen molar-refractivity contribution in [2.24, 2.45) is 5.92 Å². The summed E-state index contributed by atoms with van der Waals surface area (Å²) in [6, 6.07) is 6.27. The number of allylic oxidation sites excluding steroid dienone is 2. The second-order valence-electron chi connectivity index (χ2n) is 16.3. The van der Waals surface area contributed by atoms with Crippen LogP contribution in [0.4, 0.5) is 93.9 Å². The van der Waals surface area contributed by atoms with Crippen molar-refractivity contribution in [3.8, 4) is 5.75 Å². The Morgan fingerprint density at radius 1 is 0.681 bits per heavy atom. The highest BCUT2D eigenvalue weighted by Gasteiger charge is 2.95. The van der Waals surface area contributed by atoms with Gasteiger partial charge in [0.1, 0.15) is 30.1 Å². The van der Waals surface area contributed by atoms with E-state index in [1.165, 1.54) is 70.4 Å². The highest BCUT2D eigenvalue weighted by Crippen LogP contribution is 2.64. The van der Waals surface area contributed by atoms with Crippen LogP contribution < -0.4 is 15.5 Å². The molecule has 8 nitrogen and oxygen atoms in total. The van der Waals surface area contributed by atoms with Gasteiger partial charge in [-0.2, -0.15) is 74.6 Å². The zero-order valence-corrected chi connectivity index (χ0v) is 38.0. The summed E-state index contributed by atoms with van der Waals surface area (Å²) in [5.41, 5.74) is 0.182. The van der Waals surface area contributed by atoms with E-state index >= 15 is 8.78 Å². The van der Waals surface area contributed by atoms with Gasteiger partial charge in [0.15, 0.2) is 8.32 Å². The Morgan fingerprint density at radius 2 is 1.17 bits per heavy atom. The average molecular weight is 1050 g/mol. The van der Waals surface area contributed by atoms with Crippen LogP contribution in [0.25, 0.3) is 0 Å². The molecule has 392 valence electrons. The first-order valence-corrected chi connectivity index (χ1v) is 22.2. The summed E-state index contributed by atoms with van der Waals surface area (Å²) in [6.45, 7) is 8.72. The lowest BCUT2D eigenvalue weighted by Gasteiger charge is -2.44. The lowest BCUT2D eigenvalue weighted by molar-refractivity contribution is -0.461. The van der Waals surface area contributed by atoms with Gasteiger partial charge < -0.3 is 13.9 Å². The molecule has 2 rings (SSSR count). The first-order chi connectivity index (χ1) is 31.1. The molecule has 0 unspecified atom stereocenters. The summed E-state index contributed by atoms with van der Waals surface area (Å²) >= 11 is 0. The molecule has 69 heavy (non-hydrogen) atoms. The molecular weight excluding hydrogens is 1010 g/mol. The standard InChI is InChI=1S/C41H45F19N2O6Si/c1-21(2)69(22(3)4,17-14-34(44,45)35(46,47)36(48,49)37(50,51)38(52,53)39(54,55)40(56,57)41(58,59)60)67-16-15-66-28-11-8-26(9-12-28)32(25(7)24(6)18-23(5)19-31(63)62-65)68-33(64)61-30-13-10-27(42)20-29(30)43/h8-13,18-22,25,32,65H,14-17H2,1-7H3,(H,61,64)(H,62,63)/b23-19+,24-18+/t25-,32+/m0/s1. The number of hydrogen-bond donors (Lipinski definition) is 3. The van der Waals surface area contributed by atoms with E-state index < -0.39 is 134 Å². The van der Waals surface area contributed by atoms with Crippen LogP contribution >= 0.6 is 0 Å². The fourth-order valence-corrected chi connectivity index (χ4v) is 11.3. The van der Waals surface area contributed by atoms with E-state index in [4.69, 9.17) is 19.1 Å². The van der Waals surface area contributed by atoms with E-state index in [0.717, 1.165) is 18.2 Å². The third-order valence-corrected chi connectivity index (χ3v) is 16.7. The molecular formula is C41H45F19N2O6Si. The second-order valence-corrected chi connectivity index (χ2v) is 21.3. The van der Waals surface area contributed by atoms with Crippen LogP contribution in [-0.2, 0) is 14.0 Å². The number of amides is 2. The highest BCUT2D eigenvalue weighted by molar-refractivity contribution is 6.76. The molecule has 2 atom stereocenters. The van der Waals surface area contributed by atoms with Crippen molar-refractivity contribution in [2.75, 3.05) is 18.5 Å². The minimum Gasteiger partial charge on any atom is -0.491 e. The Bertz CT molecular complexity index is 2140. The molecule has 0 aliphatic heterocycles. The van der Waals surface area contributed by atoms with Crippen LogP contribution in [-0.4, -0.2) is 86.4 Å². The van der Waals surface area contributed by atoms with Crippen LogP contribution in [0.1, 0.15) is 66.6 Å². The summed E-state index contributed by atoms with van der Waals surface area (Å²) in [6.07, 6.45) is -10.3. The Labute approximate surface area is 382 Å². The molecule has 2 aromatic carbocycles. The van der Waals surface area contributed by atoms with Gasteiger partial charge >= 0.3 is 53.7 Å². The zero-order chi connectivity index (χ0) is 53.7. The maximum absolute atomic E-state index is 15.0. The lowest BCUT2D eigenvalue weighted by Crippen LogP contribution is -2.74. The quantitative estimate of drug-likeness (QED) is 0.0195. The van der Waals surface area contributed by atoms with E-state index in [0.29, 0.717) is 17.2 Å². The van der Waals surface area contributed by atoms with Gasteiger partial charge in [0.25, 0.3) is 5.91 Å². The summed E-state index contributed by atoms with van der Waals surface area (Å²) in [5.74, 6) is -60.7. The summed E-state index contributed by atoms with van der Waals surface area (Å²) in [7, 11) is -4.07. The van der Waals surface area contributed by atoms with Gasteiger partial charge in [-0.25, -0.2) is 19.1 Å². The number of hydroxylamine groups is 1. The van der Waals surface area contributed by atoms with Crippen molar-refractivity contribution >= 4 is 26.0 Å². The Morgan fingerprint density at radius 3 is 1.64 bits per heavy atom. The van der Waals surface area contributed by atoms with Gasteiger partial charge in [-0.05, 0) is 66.4 Å². The van der Waals surface area contributed by atoms with E-state index in [9.17, 15) is 84.2 Å². The molecule has 2 aromatic rings. The SMILES string of the molecule is CC(=C\C(=O)NO)/C=C(\C)[C@H](C)[C@@H](OC(=O)Nc1ccc(F)cc1F)c1ccc(OCCO[Si](CCC(F)(F)C(F)(F)C(F)(F)C(F)(F)C(F)(F)C(F)(F)C(F)(F)C(F)(F)F)(C(C)C)C(C)C)cc1. The van der Waals surface area contributed by atoms with Gasteiger partial charge in [-0.3, -0.25) is 15.3 Å².